The van der Waals surface area contributed by atoms with Crippen LogP contribution in [0.3, 0.4) is 0 Å². The highest BCUT2D eigenvalue weighted by Gasteiger charge is 2.22. The summed E-state index contributed by atoms with van der Waals surface area (Å²) in [7, 11) is 0. The van der Waals surface area contributed by atoms with Crippen molar-refractivity contribution in [3.63, 3.8) is 0 Å². The molecule has 0 radical (unpaired) electrons. The molecular weight excluding hydrogens is 773 g/mol. The minimum Gasteiger partial charge on any atom is -0.455 e. The van der Waals surface area contributed by atoms with E-state index in [1.807, 2.05) is 60.7 Å². The molecule has 0 N–H and O–H groups in total. The summed E-state index contributed by atoms with van der Waals surface area (Å²) >= 11 is 0. The van der Waals surface area contributed by atoms with Gasteiger partial charge in [-0.2, -0.15) is 0 Å². The van der Waals surface area contributed by atoms with Crippen LogP contribution in [0.4, 0.5) is 0 Å². The van der Waals surface area contributed by atoms with Gasteiger partial charge in [0.25, 0.3) is 0 Å². The summed E-state index contributed by atoms with van der Waals surface area (Å²) in [6.07, 6.45) is 0. The summed E-state index contributed by atoms with van der Waals surface area (Å²) in [5.74, 6) is 1.73. The van der Waals surface area contributed by atoms with Crippen LogP contribution in [0.5, 0.6) is 0 Å². The van der Waals surface area contributed by atoms with E-state index in [4.69, 9.17) is 23.8 Å². The van der Waals surface area contributed by atoms with Crippen LogP contribution in [0.25, 0.3) is 138 Å². The molecule has 63 heavy (non-hydrogen) atoms. The highest BCUT2D eigenvalue weighted by molar-refractivity contribution is 6.25. The second kappa shape index (κ2) is 12.9. The van der Waals surface area contributed by atoms with Gasteiger partial charge in [-0.15, -0.1) is 0 Å². The zero-order valence-electron chi connectivity index (χ0n) is 33.6. The van der Waals surface area contributed by atoms with Gasteiger partial charge < -0.3 is 13.4 Å². The molecule has 292 valence electrons. The number of hydrogen-bond acceptors (Lipinski definition) is 5. The SMILES string of the molecule is c1ccc(-c2nc(-c3ccc4c(ccc5oc6c(-n7c8cc9ccccc9cc8c8c9ccccc9ccc87)cccc6c54)c3)nc(-c3cccc4c3oc3ccccc34)n2)cc1. The fourth-order valence-corrected chi connectivity index (χ4v) is 9.92. The van der Waals surface area contributed by atoms with Crippen molar-refractivity contribution in [3.05, 3.63) is 194 Å². The summed E-state index contributed by atoms with van der Waals surface area (Å²) < 4.78 is 15.8. The lowest BCUT2D eigenvalue weighted by Gasteiger charge is -2.10. The first-order valence-electron chi connectivity index (χ1n) is 21.2. The predicted molar refractivity (Wildman–Crippen MR) is 258 cm³/mol. The van der Waals surface area contributed by atoms with Crippen LogP contribution in [0.15, 0.2) is 203 Å². The van der Waals surface area contributed by atoms with E-state index >= 15 is 0 Å². The van der Waals surface area contributed by atoms with Crippen molar-refractivity contribution < 1.29 is 8.83 Å². The van der Waals surface area contributed by atoms with E-state index < -0.39 is 0 Å². The third-order valence-corrected chi connectivity index (χ3v) is 12.8. The fraction of sp³-hybridized carbons (Fsp3) is 0. The van der Waals surface area contributed by atoms with Crippen molar-refractivity contribution >= 4 is 98.0 Å². The number of furan rings is 2. The average molecular weight is 805 g/mol. The molecule has 0 aliphatic rings. The van der Waals surface area contributed by atoms with E-state index in [1.165, 1.54) is 32.3 Å². The Morgan fingerprint density at radius 1 is 0.333 bits per heavy atom. The monoisotopic (exact) mass is 804 g/mol. The summed E-state index contributed by atoms with van der Waals surface area (Å²) in [5, 5.41) is 13.7. The summed E-state index contributed by atoms with van der Waals surface area (Å²) in [4.78, 5) is 15.3. The van der Waals surface area contributed by atoms with Gasteiger partial charge in [0.15, 0.2) is 23.1 Å². The molecule has 0 saturated heterocycles. The minimum absolute atomic E-state index is 0.554. The summed E-state index contributed by atoms with van der Waals surface area (Å²) in [6.45, 7) is 0. The van der Waals surface area contributed by atoms with Crippen molar-refractivity contribution in [3.8, 4) is 39.9 Å². The number of hydrogen-bond donors (Lipinski definition) is 0. The molecule has 0 aliphatic heterocycles. The second-order valence-corrected chi connectivity index (χ2v) is 16.3. The Labute approximate surface area is 358 Å². The van der Waals surface area contributed by atoms with E-state index in [-0.39, 0.29) is 0 Å². The van der Waals surface area contributed by atoms with Gasteiger partial charge in [0, 0.05) is 43.4 Å². The minimum atomic E-state index is 0.554. The molecule has 14 aromatic rings. The Hall–Kier alpha value is -8.61. The first kappa shape index (κ1) is 34.1. The molecule has 0 spiro atoms. The lowest BCUT2D eigenvalue weighted by Crippen LogP contribution is -2.00. The first-order valence-corrected chi connectivity index (χ1v) is 21.2. The van der Waals surface area contributed by atoms with E-state index in [0.717, 1.165) is 88.1 Å². The van der Waals surface area contributed by atoms with Gasteiger partial charge in [-0.05, 0) is 80.8 Å². The Morgan fingerprint density at radius 2 is 1.00 bits per heavy atom. The number of fused-ring (bicyclic) bond motifs is 14. The summed E-state index contributed by atoms with van der Waals surface area (Å²) in [5.41, 5.74) is 9.17. The molecular formula is C57H32N4O2. The Balaban J connectivity index is 0.966. The topological polar surface area (TPSA) is 69.9 Å². The highest BCUT2D eigenvalue weighted by atomic mass is 16.3. The largest absolute Gasteiger partial charge is 0.455 e. The third kappa shape index (κ3) is 5.03. The van der Waals surface area contributed by atoms with Crippen LogP contribution in [0.1, 0.15) is 0 Å². The Morgan fingerprint density at radius 3 is 1.89 bits per heavy atom. The first-order chi connectivity index (χ1) is 31.2. The van der Waals surface area contributed by atoms with Crippen molar-refractivity contribution in [2.24, 2.45) is 0 Å². The van der Waals surface area contributed by atoms with Crippen LogP contribution in [-0.2, 0) is 0 Å². The van der Waals surface area contributed by atoms with Gasteiger partial charge in [0.05, 0.1) is 22.3 Å². The van der Waals surface area contributed by atoms with Gasteiger partial charge in [-0.25, -0.2) is 15.0 Å². The quantitative estimate of drug-likeness (QED) is 0.177. The molecule has 6 nitrogen and oxygen atoms in total. The van der Waals surface area contributed by atoms with E-state index in [9.17, 15) is 0 Å². The second-order valence-electron chi connectivity index (χ2n) is 16.3. The number of nitrogens with zero attached hydrogens (tertiary/aromatic N) is 4. The molecule has 4 aromatic heterocycles. The average Bonchev–Trinajstić information content (AvgIpc) is 4.03. The van der Waals surface area contributed by atoms with Crippen molar-refractivity contribution in [1.82, 2.24) is 19.5 Å². The smallest absolute Gasteiger partial charge is 0.167 e. The van der Waals surface area contributed by atoms with Crippen LogP contribution in [0.2, 0.25) is 0 Å². The van der Waals surface area contributed by atoms with Gasteiger partial charge in [-0.1, -0.05) is 146 Å². The maximum Gasteiger partial charge on any atom is 0.167 e. The van der Waals surface area contributed by atoms with Gasteiger partial charge in [0.1, 0.15) is 16.7 Å². The number of benzene rings is 10. The van der Waals surface area contributed by atoms with Gasteiger partial charge >= 0.3 is 0 Å². The van der Waals surface area contributed by atoms with E-state index in [2.05, 4.69) is 138 Å². The molecule has 6 heteroatoms. The fourth-order valence-electron chi connectivity index (χ4n) is 9.92. The van der Waals surface area contributed by atoms with E-state index in [0.29, 0.717) is 17.5 Å². The van der Waals surface area contributed by atoms with Crippen molar-refractivity contribution in [2.45, 2.75) is 0 Å². The van der Waals surface area contributed by atoms with Crippen LogP contribution >= 0.6 is 0 Å². The predicted octanol–water partition coefficient (Wildman–Crippen LogP) is 15.2. The van der Waals surface area contributed by atoms with Crippen LogP contribution in [0, 0.1) is 0 Å². The molecule has 0 amide bonds. The van der Waals surface area contributed by atoms with Crippen molar-refractivity contribution in [2.75, 3.05) is 0 Å². The molecule has 0 atom stereocenters. The van der Waals surface area contributed by atoms with Gasteiger partial charge in [0.2, 0.25) is 0 Å². The normalized spacial score (nSPS) is 12.1. The molecule has 0 fully saturated rings. The van der Waals surface area contributed by atoms with Gasteiger partial charge in [-0.3, -0.25) is 0 Å². The molecule has 10 aromatic carbocycles. The molecule has 0 bridgehead atoms. The Kier molecular flexibility index (Phi) is 7.02. The maximum atomic E-state index is 6.93. The van der Waals surface area contributed by atoms with Crippen LogP contribution in [-0.4, -0.2) is 19.5 Å². The Bertz CT molecular complexity index is 4220. The lowest BCUT2D eigenvalue weighted by atomic mass is 10.0. The zero-order valence-corrected chi connectivity index (χ0v) is 33.6. The summed E-state index contributed by atoms with van der Waals surface area (Å²) in [6, 6.07) is 68.0. The van der Waals surface area contributed by atoms with E-state index in [1.54, 1.807) is 0 Å². The zero-order chi connectivity index (χ0) is 41.2. The number of rotatable bonds is 4. The molecule has 14 rings (SSSR count). The standard InChI is InChI=1S/C57H32N4O2/c1-2-13-34(14-3-1)55-58-56(60-57(59-55)44-21-10-19-42-41-18-8-9-23-49(41)62-53(42)44)38-24-27-40-37(30-38)26-29-50-52(40)43-20-11-22-47(54(43)63-50)61-46-28-25-33-12-6-7-17-39(33)51(46)45-31-35-15-4-5-16-36(35)32-48(45)61/h1-32H. The molecule has 0 aliphatic carbocycles. The van der Waals surface area contributed by atoms with Crippen molar-refractivity contribution in [1.29, 1.82) is 0 Å². The number of aromatic nitrogens is 4. The molecule has 4 heterocycles. The third-order valence-electron chi connectivity index (χ3n) is 12.8. The molecule has 0 saturated carbocycles. The number of para-hydroxylation sites is 3. The highest BCUT2D eigenvalue weighted by Crippen LogP contribution is 2.44. The maximum absolute atomic E-state index is 6.93. The van der Waals surface area contributed by atoms with Crippen LogP contribution < -0.4 is 0 Å². The molecule has 0 unspecified atom stereocenters. The lowest BCUT2D eigenvalue weighted by molar-refractivity contribution is 0.666.